The van der Waals surface area contributed by atoms with Crippen LogP contribution in [-0.4, -0.2) is 45.3 Å². The first-order valence-corrected chi connectivity index (χ1v) is 6.92. The number of H-pyrrole nitrogens is 1. The Labute approximate surface area is 126 Å². The average Bonchev–Trinajstić information content (AvgIpc) is 3.05. The molecule has 0 saturated carbocycles. The molecule has 1 amide bonds. The van der Waals surface area contributed by atoms with E-state index in [1.807, 2.05) is 12.1 Å². The summed E-state index contributed by atoms with van der Waals surface area (Å²) in [6.45, 7) is 1.84. The number of carbonyl (C=O) groups is 1. The van der Waals surface area contributed by atoms with Crippen molar-refractivity contribution in [2.75, 3.05) is 19.6 Å². The van der Waals surface area contributed by atoms with Gasteiger partial charge in [-0.15, -0.1) is 0 Å². The first-order chi connectivity index (χ1) is 10.7. The van der Waals surface area contributed by atoms with Gasteiger partial charge in [0, 0.05) is 38.1 Å². The van der Waals surface area contributed by atoms with Crippen LogP contribution in [0.4, 0.5) is 5.82 Å². The van der Waals surface area contributed by atoms with Gasteiger partial charge in [-0.1, -0.05) is 6.07 Å². The average molecular weight is 301 g/mol. The first kappa shape index (κ1) is 14.2. The highest BCUT2D eigenvalue weighted by molar-refractivity contribution is 5.93. The zero-order chi connectivity index (χ0) is 15.5. The van der Waals surface area contributed by atoms with Gasteiger partial charge in [-0.2, -0.15) is 0 Å². The van der Waals surface area contributed by atoms with Crippen molar-refractivity contribution >= 4 is 11.7 Å². The number of nitrogens with zero attached hydrogens (tertiary/aromatic N) is 3. The number of amides is 1. The van der Waals surface area contributed by atoms with Gasteiger partial charge in [0.25, 0.3) is 5.91 Å². The smallest absolute Gasteiger partial charge is 0.321 e. The second-order valence-electron chi connectivity index (χ2n) is 5.02. The maximum absolute atomic E-state index is 12.6. The number of rotatable bonds is 3. The number of piperazine rings is 1. The van der Waals surface area contributed by atoms with Crippen molar-refractivity contribution in [2.45, 2.75) is 6.04 Å². The Morgan fingerprint density at radius 1 is 1.41 bits per heavy atom. The number of aromatic amines is 1. The summed E-state index contributed by atoms with van der Waals surface area (Å²) in [6.07, 6.45) is 3.41. The lowest BCUT2D eigenvalue weighted by molar-refractivity contribution is -0.389. The number of hydrogen-bond acceptors (Lipinski definition) is 5. The van der Waals surface area contributed by atoms with Gasteiger partial charge in [0.1, 0.15) is 0 Å². The van der Waals surface area contributed by atoms with Gasteiger partial charge in [-0.25, -0.2) is 4.98 Å². The molecule has 8 heteroatoms. The van der Waals surface area contributed by atoms with Gasteiger partial charge in [0.2, 0.25) is 0 Å². The number of carbonyl (C=O) groups excluding carboxylic acids is 1. The van der Waals surface area contributed by atoms with Crippen LogP contribution in [0.2, 0.25) is 0 Å². The molecule has 0 radical (unpaired) electrons. The SMILES string of the molecule is O=C(c1ccc([N+](=O)[O-])[nH]1)N1CCNCC1c1cccnc1. The Morgan fingerprint density at radius 2 is 2.27 bits per heavy atom. The van der Waals surface area contributed by atoms with E-state index >= 15 is 0 Å². The summed E-state index contributed by atoms with van der Waals surface area (Å²) < 4.78 is 0. The third-order valence-electron chi connectivity index (χ3n) is 3.67. The molecule has 1 atom stereocenters. The molecule has 1 fully saturated rings. The fourth-order valence-electron chi connectivity index (χ4n) is 2.59. The van der Waals surface area contributed by atoms with Crippen LogP contribution in [0.15, 0.2) is 36.7 Å². The predicted octanol–water partition coefficient (Wildman–Crippen LogP) is 1.10. The van der Waals surface area contributed by atoms with Crippen LogP contribution in [0.25, 0.3) is 0 Å². The minimum absolute atomic E-state index is 0.141. The minimum Gasteiger partial charge on any atom is -0.358 e. The normalized spacial score (nSPS) is 18.2. The Kier molecular flexibility index (Phi) is 3.84. The molecular weight excluding hydrogens is 286 g/mol. The van der Waals surface area contributed by atoms with Crippen LogP contribution in [0.5, 0.6) is 0 Å². The largest absolute Gasteiger partial charge is 0.358 e. The maximum atomic E-state index is 12.6. The van der Waals surface area contributed by atoms with Crippen LogP contribution in [0, 0.1) is 10.1 Å². The van der Waals surface area contributed by atoms with Gasteiger partial charge in [-0.3, -0.25) is 9.78 Å². The lowest BCUT2D eigenvalue weighted by Gasteiger charge is -2.35. The summed E-state index contributed by atoms with van der Waals surface area (Å²) in [5.41, 5.74) is 1.16. The quantitative estimate of drug-likeness (QED) is 0.652. The van der Waals surface area contributed by atoms with Crippen molar-refractivity contribution in [3.63, 3.8) is 0 Å². The molecule has 3 rings (SSSR count). The second kappa shape index (κ2) is 5.94. The summed E-state index contributed by atoms with van der Waals surface area (Å²) in [5, 5.41) is 14.0. The molecule has 2 aromatic rings. The molecule has 114 valence electrons. The van der Waals surface area contributed by atoms with Crippen LogP contribution in [-0.2, 0) is 0 Å². The summed E-state index contributed by atoms with van der Waals surface area (Å²) in [4.78, 5) is 31.2. The van der Waals surface area contributed by atoms with Crippen molar-refractivity contribution in [1.82, 2.24) is 20.2 Å². The standard InChI is InChI=1S/C14H15N5O3/c20-14(11-3-4-13(17-11)19(21)22)18-7-6-16-9-12(18)10-2-1-5-15-8-10/h1-5,8,12,16-17H,6-7,9H2. The Balaban J connectivity index is 1.86. The van der Waals surface area contributed by atoms with Gasteiger partial charge in [0.15, 0.2) is 5.69 Å². The summed E-state index contributed by atoms with van der Waals surface area (Å²) >= 11 is 0. The van der Waals surface area contributed by atoms with Crippen molar-refractivity contribution in [3.8, 4) is 0 Å². The summed E-state index contributed by atoms with van der Waals surface area (Å²) in [6, 6.07) is 6.35. The molecule has 3 heterocycles. The van der Waals surface area contributed by atoms with Crippen LogP contribution < -0.4 is 5.32 Å². The highest BCUT2D eigenvalue weighted by Crippen LogP contribution is 2.24. The fraction of sp³-hybridized carbons (Fsp3) is 0.286. The molecule has 2 N–H and O–H groups in total. The zero-order valence-electron chi connectivity index (χ0n) is 11.7. The van der Waals surface area contributed by atoms with Crippen molar-refractivity contribution < 1.29 is 9.72 Å². The Hall–Kier alpha value is -2.74. The molecule has 1 unspecified atom stereocenters. The minimum atomic E-state index is -0.548. The van der Waals surface area contributed by atoms with E-state index in [9.17, 15) is 14.9 Å². The van der Waals surface area contributed by atoms with Crippen molar-refractivity contribution in [3.05, 3.63) is 58.0 Å². The van der Waals surface area contributed by atoms with E-state index in [0.717, 1.165) is 5.56 Å². The highest BCUT2D eigenvalue weighted by atomic mass is 16.6. The van der Waals surface area contributed by atoms with E-state index in [1.165, 1.54) is 12.1 Å². The lowest BCUT2D eigenvalue weighted by Crippen LogP contribution is -2.48. The van der Waals surface area contributed by atoms with Crippen LogP contribution in [0.1, 0.15) is 22.1 Å². The lowest BCUT2D eigenvalue weighted by atomic mass is 10.0. The first-order valence-electron chi connectivity index (χ1n) is 6.92. The molecular formula is C14H15N5O3. The highest BCUT2D eigenvalue weighted by Gasteiger charge is 2.31. The summed E-state index contributed by atoms with van der Waals surface area (Å²) in [5.74, 6) is -0.431. The van der Waals surface area contributed by atoms with Gasteiger partial charge in [-0.05, 0) is 22.6 Å². The van der Waals surface area contributed by atoms with E-state index in [1.54, 1.807) is 17.3 Å². The monoisotopic (exact) mass is 301 g/mol. The van der Waals surface area contributed by atoms with Gasteiger partial charge >= 0.3 is 5.82 Å². The Bertz CT molecular complexity index is 685. The second-order valence-corrected chi connectivity index (χ2v) is 5.02. The van der Waals surface area contributed by atoms with Crippen molar-refractivity contribution in [2.24, 2.45) is 0 Å². The molecule has 1 saturated heterocycles. The Morgan fingerprint density at radius 3 is 2.95 bits per heavy atom. The summed E-state index contributed by atoms with van der Waals surface area (Å²) in [7, 11) is 0. The molecule has 22 heavy (non-hydrogen) atoms. The van der Waals surface area contributed by atoms with Crippen LogP contribution in [0.3, 0.4) is 0 Å². The van der Waals surface area contributed by atoms with Crippen molar-refractivity contribution in [1.29, 1.82) is 0 Å². The van der Waals surface area contributed by atoms with E-state index in [4.69, 9.17) is 0 Å². The zero-order valence-corrected chi connectivity index (χ0v) is 11.7. The molecule has 0 spiro atoms. The molecule has 0 aromatic carbocycles. The van der Waals surface area contributed by atoms with Crippen LogP contribution >= 0.6 is 0 Å². The third kappa shape index (κ3) is 2.68. The number of nitrogens with one attached hydrogen (secondary N) is 2. The topological polar surface area (TPSA) is 104 Å². The molecule has 0 bridgehead atoms. The van der Waals surface area contributed by atoms with Gasteiger partial charge < -0.3 is 20.3 Å². The molecule has 1 aliphatic heterocycles. The fourth-order valence-corrected chi connectivity index (χ4v) is 2.59. The van der Waals surface area contributed by atoms with E-state index in [-0.39, 0.29) is 23.5 Å². The number of hydrogen-bond donors (Lipinski definition) is 2. The van der Waals surface area contributed by atoms with E-state index < -0.39 is 4.92 Å². The maximum Gasteiger partial charge on any atom is 0.321 e. The number of nitro groups is 1. The molecule has 1 aliphatic rings. The predicted molar refractivity (Wildman–Crippen MR) is 78.3 cm³/mol. The van der Waals surface area contributed by atoms with E-state index in [0.29, 0.717) is 19.6 Å². The third-order valence-corrected chi connectivity index (χ3v) is 3.67. The van der Waals surface area contributed by atoms with Gasteiger partial charge in [0.05, 0.1) is 6.04 Å². The molecule has 0 aliphatic carbocycles. The number of aromatic nitrogens is 2. The number of pyridine rings is 1. The molecule has 8 nitrogen and oxygen atoms in total. The van der Waals surface area contributed by atoms with E-state index in [2.05, 4.69) is 15.3 Å². The molecule has 2 aromatic heterocycles.